The molecule has 1 aliphatic heterocycles. The minimum Gasteiger partial charge on any atom is -0.392 e. The quantitative estimate of drug-likeness (QED) is 0.703. The topological polar surface area (TPSA) is 67.0 Å². The zero-order valence-electron chi connectivity index (χ0n) is 17.0. The van der Waals surface area contributed by atoms with Gasteiger partial charge in [-0.1, -0.05) is 26.0 Å². The number of aromatic nitrogens is 1. The summed E-state index contributed by atoms with van der Waals surface area (Å²) in [4.78, 5) is 4.50. The lowest BCUT2D eigenvalue weighted by molar-refractivity contribution is -0.0612. The van der Waals surface area contributed by atoms with E-state index in [0.29, 0.717) is 12.0 Å². The van der Waals surface area contributed by atoms with E-state index in [-0.39, 0.29) is 11.8 Å². The molecule has 1 aromatic carbocycles. The highest BCUT2D eigenvalue weighted by molar-refractivity contribution is 5.64. The highest BCUT2D eigenvalue weighted by atomic mass is 19.1. The number of rotatable bonds is 7. The van der Waals surface area contributed by atoms with Gasteiger partial charge in [0.25, 0.3) is 0 Å². The van der Waals surface area contributed by atoms with Gasteiger partial charge in [-0.15, -0.1) is 0 Å². The van der Waals surface area contributed by atoms with Crippen molar-refractivity contribution in [3.8, 4) is 0 Å². The van der Waals surface area contributed by atoms with Crippen LogP contribution in [0.5, 0.6) is 0 Å². The molecule has 2 N–H and O–H groups in total. The standard InChI is InChI=1S/C23H29FN2O3/c1-4-5-11-25-15(2)19-10-12-26(16(19)3)22-9-8-21(29-22)23(28)17-6-7-20(24)18(13-17)14-27/h6-7,10-13,21-23,27-28H,3-5,8-9,14H2,1-2H3/b19-15-,25-11?. The minimum absolute atomic E-state index is 0.167. The third-order valence-electron chi connectivity index (χ3n) is 5.39. The molecule has 2 heterocycles. The smallest absolute Gasteiger partial charge is 0.134 e. The van der Waals surface area contributed by atoms with Crippen LogP contribution in [-0.2, 0) is 11.3 Å². The van der Waals surface area contributed by atoms with Gasteiger partial charge in [-0.3, -0.25) is 4.99 Å². The lowest BCUT2D eigenvalue weighted by Crippen LogP contribution is -2.31. The summed E-state index contributed by atoms with van der Waals surface area (Å²) in [6.07, 6.45) is 5.76. The Labute approximate surface area is 170 Å². The summed E-state index contributed by atoms with van der Waals surface area (Å²) in [6, 6.07) is 6.27. The molecular formula is C23H29FN2O3. The van der Waals surface area contributed by atoms with Crippen LogP contribution in [0, 0.1) is 5.82 Å². The highest BCUT2D eigenvalue weighted by Crippen LogP contribution is 2.35. The van der Waals surface area contributed by atoms with Crippen LogP contribution < -0.4 is 10.6 Å². The van der Waals surface area contributed by atoms with Gasteiger partial charge in [-0.05, 0) is 49.9 Å². The average molecular weight is 400 g/mol. The Kier molecular flexibility index (Phi) is 7.00. The van der Waals surface area contributed by atoms with Gasteiger partial charge in [0, 0.05) is 34.2 Å². The fourth-order valence-electron chi connectivity index (χ4n) is 3.68. The first-order valence-corrected chi connectivity index (χ1v) is 10.1. The van der Waals surface area contributed by atoms with E-state index in [4.69, 9.17) is 4.74 Å². The van der Waals surface area contributed by atoms with Crippen LogP contribution in [0.4, 0.5) is 4.39 Å². The molecule has 1 saturated heterocycles. The molecule has 0 aliphatic carbocycles. The first-order chi connectivity index (χ1) is 14.0. The van der Waals surface area contributed by atoms with E-state index < -0.39 is 24.6 Å². The molecule has 0 bridgehead atoms. The van der Waals surface area contributed by atoms with Gasteiger partial charge in [0.1, 0.15) is 18.1 Å². The molecule has 0 saturated carbocycles. The van der Waals surface area contributed by atoms with E-state index in [1.54, 1.807) is 0 Å². The van der Waals surface area contributed by atoms with Crippen molar-refractivity contribution in [3.05, 3.63) is 58.0 Å². The van der Waals surface area contributed by atoms with Crippen LogP contribution in [0.3, 0.4) is 0 Å². The summed E-state index contributed by atoms with van der Waals surface area (Å²) in [5.41, 5.74) is 1.62. The van der Waals surface area contributed by atoms with E-state index in [0.717, 1.165) is 35.5 Å². The van der Waals surface area contributed by atoms with Crippen LogP contribution in [0.1, 0.15) is 63.0 Å². The average Bonchev–Trinajstić information content (AvgIpc) is 3.34. The van der Waals surface area contributed by atoms with Crippen LogP contribution >= 0.6 is 0 Å². The lowest BCUT2D eigenvalue weighted by atomic mass is 10.00. The van der Waals surface area contributed by atoms with Gasteiger partial charge in [0.15, 0.2) is 0 Å². The highest BCUT2D eigenvalue weighted by Gasteiger charge is 2.32. The third kappa shape index (κ3) is 4.66. The van der Waals surface area contributed by atoms with E-state index in [2.05, 4.69) is 18.5 Å². The first-order valence-electron chi connectivity index (χ1n) is 10.1. The van der Waals surface area contributed by atoms with Gasteiger partial charge >= 0.3 is 0 Å². The Bertz CT molecular complexity index is 982. The summed E-state index contributed by atoms with van der Waals surface area (Å²) in [6.45, 7) is 7.87. The molecule has 156 valence electrons. The normalized spacial score (nSPS) is 21.7. The van der Waals surface area contributed by atoms with Crippen molar-refractivity contribution >= 4 is 18.5 Å². The summed E-state index contributed by atoms with van der Waals surface area (Å²) < 4.78 is 21.7. The number of hydrogen-bond donors (Lipinski definition) is 2. The maximum atomic E-state index is 13.6. The number of halogens is 1. The van der Waals surface area contributed by atoms with Crippen molar-refractivity contribution < 1.29 is 19.3 Å². The van der Waals surface area contributed by atoms with Gasteiger partial charge < -0.3 is 19.5 Å². The Balaban J connectivity index is 1.76. The molecule has 0 amide bonds. The molecular weight excluding hydrogens is 371 g/mol. The summed E-state index contributed by atoms with van der Waals surface area (Å²) in [7, 11) is 0. The maximum absolute atomic E-state index is 13.6. The molecule has 2 aromatic rings. The van der Waals surface area contributed by atoms with Crippen molar-refractivity contribution in [2.45, 2.75) is 64.6 Å². The number of aliphatic imine (C=N–C) groups is 1. The van der Waals surface area contributed by atoms with Gasteiger partial charge in [0.05, 0.1) is 12.7 Å². The summed E-state index contributed by atoms with van der Waals surface area (Å²) in [5, 5.41) is 21.8. The maximum Gasteiger partial charge on any atom is 0.134 e. The molecule has 5 nitrogen and oxygen atoms in total. The predicted molar refractivity (Wildman–Crippen MR) is 112 cm³/mol. The van der Waals surface area contributed by atoms with Gasteiger partial charge in [-0.25, -0.2) is 4.39 Å². The van der Waals surface area contributed by atoms with Crippen LogP contribution in [-0.4, -0.2) is 27.1 Å². The Morgan fingerprint density at radius 1 is 1.41 bits per heavy atom. The molecule has 1 aromatic heterocycles. The second-order valence-electron chi connectivity index (χ2n) is 7.43. The van der Waals surface area contributed by atoms with Crippen molar-refractivity contribution in [1.29, 1.82) is 0 Å². The van der Waals surface area contributed by atoms with Gasteiger partial charge in [0.2, 0.25) is 0 Å². The SMILES string of the molecule is C=c1/c(=C(/C)N=CCCC)ccn1C1CCC(C(O)c2ccc(F)c(CO)c2)O1. The Morgan fingerprint density at radius 3 is 2.93 bits per heavy atom. The zero-order chi connectivity index (χ0) is 21.0. The van der Waals surface area contributed by atoms with E-state index in [1.165, 1.54) is 18.2 Å². The van der Waals surface area contributed by atoms with E-state index >= 15 is 0 Å². The molecule has 1 aliphatic rings. The van der Waals surface area contributed by atoms with Crippen molar-refractivity contribution in [2.24, 2.45) is 4.99 Å². The fraction of sp³-hybridized carbons (Fsp3) is 0.435. The van der Waals surface area contributed by atoms with Crippen LogP contribution in [0.25, 0.3) is 12.3 Å². The first kappa shape index (κ1) is 21.4. The van der Waals surface area contributed by atoms with Crippen molar-refractivity contribution in [3.63, 3.8) is 0 Å². The van der Waals surface area contributed by atoms with Crippen LogP contribution in [0.15, 0.2) is 35.5 Å². The van der Waals surface area contributed by atoms with Crippen molar-refractivity contribution in [2.75, 3.05) is 0 Å². The molecule has 3 rings (SSSR count). The van der Waals surface area contributed by atoms with E-state index in [9.17, 15) is 14.6 Å². The van der Waals surface area contributed by atoms with Crippen molar-refractivity contribution in [1.82, 2.24) is 4.57 Å². The summed E-state index contributed by atoms with van der Waals surface area (Å²) >= 11 is 0. The number of aliphatic hydroxyl groups is 2. The second-order valence-corrected chi connectivity index (χ2v) is 7.43. The minimum atomic E-state index is -0.888. The van der Waals surface area contributed by atoms with E-state index in [1.807, 2.05) is 30.0 Å². The van der Waals surface area contributed by atoms with Gasteiger partial charge in [-0.2, -0.15) is 0 Å². The largest absolute Gasteiger partial charge is 0.392 e. The molecule has 1 fully saturated rings. The number of aliphatic hydroxyl groups excluding tert-OH is 2. The molecule has 3 atom stereocenters. The molecule has 0 radical (unpaired) electrons. The molecule has 0 spiro atoms. The fourth-order valence-corrected chi connectivity index (χ4v) is 3.68. The number of unbranched alkanes of at least 4 members (excludes halogenated alkanes) is 1. The van der Waals surface area contributed by atoms with Crippen LogP contribution in [0.2, 0.25) is 0 Å². The monoisotopic (exact) mass is 400 g/mol. The molecule has 6 heteroatoms. The second kappa shape index (κ2) is 9.48. The number of benzene rings is 1. The molecule has 29 heavy (non-hydrogen) atoms. The number of nitrogens with zero attached hydrogens (tertiary/aromatic N) is 2. The third-order valence-corrected chi connectivity index (χ3v) is 5.39. The Hall–Kier alpha value is -2.28. The molecule has 3 unspecified atom stereocenters. The number of hydrogen-bond acceptors (Lipinski definition) is 4. The number of ether oxygens (including phenoxy) is 1. The Morgan fingerprint density at radius 2 is 2.21 bits per heavy atom. The summed E-state index contributed by atoms with van der Waals surface area (Å²) in [5.74, 6) is -0.483. The predicted octanol–water partition coefficient (Wildman–Crippen LogP) is 2.94. The zero-order valence-corrected chi connectivity index (χ0v) is 17.0. The lowest BCUT2D eigenvalue weighted by Gasteiger charge is -2.21.